The van der Waals surface area contributed by atoms with Crippen LogP contribution in [0.25, 0.3) is 0 Å². The molecule has 92 valence electrons. The van der Waals surface area contributed by atoms with Gasteiger partial charge in [-0.1, -0.05) is 0 Å². The van der Waals surface area contributed by atoms with Crippen molar-refractivity contribution in [3.8, 4) is 0 Å². The van der Waals surface area contributed by atoms with Crippen LogP contribution in [0.2, 0.25) is 0 Å². The maximum Gasteiger partial charge on any atom is 0.335 e. The number of carbonyl (C=O) groups is 2. The van der Waals surface area contributed by atoms with E-state index >= 15 is 0 Å². The molecule has 0 saturated carbocycles. The number of benzene rings is 1. The molecule has 5 heteroatoms. The third-order valence-electron chi connectivity index (χ3n) is 2.31. The molecule has 1 N–H and O–H groups in total. The fourth-order valence-corrected chi connectivity index (χ4v) is 1.26. The van der Waals surface area contributed by atoms with Gasteiger partial charge in [0.1, 0.15) is 6.61 Å². The summed E-state index contributed by atoms with van der Waals surface area (Å²) in [6.07, 6.45) is 0. The second-order valence-electron chi connectivity index (χ2n) is 3.44. The monoisotopic (exact) mass is 237 g/mol. The van der Waals surface area contributed by atoms with Crippen LogP contribution in [0.1, 0.15) is 17.3 Å². The lowest BCUT2D eigenvalue weighted by Gasteiger charge is -2.17. The smallest absolute Gasteiger partial charge is 0.335 e. The summed E-state index contributed by atoms with van der Waals surface area (Å²) in [4.78, 5) is 23.7. The summed E-state index contributed by atoms with van der Waals surface area (Å²) >= 11 is 0. The van der Waals surface area contributed by atoms with Gasteiger partial charge in [-0.3, -0.25) is 4.79 Å². The van der Waals surface area contributed by atoms with Crippen molar-refractivity contribution in [3.05, 3.63) is 29.8 Å². The van der Waals surface area contributed by atoms with Crippen LogP contribution < -0.4 is 4.90 Å². The van der Waals surface area contributed by atoms with E-state index in [2.05, 4.69) is 0 Å². The SMILES string of the molecule is CCOCC(=O)N(C)c1ccc(C(=O)O)cc1. The molecular formula is C12H15NO4. The highest BCUT2D eigenvalue weighted by Crippen LogP contribution is 2.14. The second-order valence-corrected chi connectivity index (χ2v) is 3.44. The number of carboxylic acids is 1. The van der Waals surface area contributed by atoms with Gasteiger partial charge < -0.3 is 14.7 Å². The van der Waals surface area contributed by atoms with Gasteiger partial charge in [0.15, 0.2) is 0 Å². The molecule has 0 unspecified atom stereocenters. The minimum absolute atomic E-state index is 0.0215. The Morgan fingerprint density at radius 2 is 1.88 bits per heavy atom. The van der Waals surface area contributed by atoms with Crippen molar-refractivity contribution in [2.24, 2.45) is 0 Å². The normalized spacial score (nSPS) is 10.0. The van der Waals surface area contributed by atoms with Crippen LogP contribution in [0, 0.1) is 0 Å². The Morgan fingerprint density at radius 1 is 1.29 bits per heavy atom. The molecule has 0 aromatic heterocycles. The molecule has 1 amide bonds. The van der Waals surface area contributed by atoms with E-state index < -0.39 is 5.97 Å². The highest BCUT2D eigenvalue weighted by Gasteiger charge is 2.11. The van der Waals surface area contributed by atoms with Gasteiger partial charge >= 0.3 is 5.97 Å². The van der Waals surface area contributed by atoms with Gasteiger partial charge in [-0.2, -0.15) is 0 Å². The molecule has 17 heavy (non-hydrogen) atoms. The fraction of sp³-hybridized carbons (Fsp3) is 0.333. The molecule has 0 aliphatic heterocycles. The van der Waals surface area contributed by atoms with E-state index in [1.807, 2.05) is 6.92 Å². The van der Waals surface area contributed by atoms with E-state index in [1.54, 1.807) is 19.2 Å². The molecule has 0 bridgehead atoms. The number of hydrogen-bond acceptors (Lipinski definition) is 3. The molecular weight excluding hydrogens is 222 g/mol. The van der Waals surface area contributed by atoms with Gasteiger partial charge in [0.25, 0.3) is 5.91 Å². The topological polar surface area (TPSA) is 66.8 Å². The molecule has 0 radical (unpaired) electrons. The zero-order valence-corrected chi connectivity index (χ0v) is 9.84. The summed E-state index contributed by atoms with van der Waals surface area (Å²) in [5, 5.41) is 8.74. The molecule has 1 aromatic carbocycles. The number of amides is 1. The van der Waals surface area contributed by atoms with Gasteiger partial charge in [0.05, 0.1) is 5.56 Å². The van der Waals surface area contributed by atoms with Crippen LogP contribution in [0.5, 0.6) is 0 Å². The lowest BCUT2D eigenvalue weighted by molar-refractivity contribution is -0.122. The number of rotatable bonds is 5. The number of carbonyl (C=O) groups excluding carboxylic acids is 1. The van der Waals surface area contributed by atoms with Crippen molar-refractivity contribution in [3.63, 3.8) is 0 Å². The molecule has 0 aliphatic rings. The van der Waals surface area contributed by atoms with Gasteiger partial charge in [0, 0.05) is 19.3 Å². The van der Waals surface area contributed by atoms with E-state index in [1.165, 1.54) is 17.0 Å². The Morgan fingerprint density at radius 3 is 2.35 bits per heavy atom. The Hall–Kier alpha value is -1.88. The highest BCUT2D eigenvalue weighted by molar-refractivity contribution is 5.94. The summed E-state index contributed by atoms with van der Waals surface area (Å²) in [7, 11) is 1.62. The van der Waals surface area contributed by atoms with E-state index in [0.29, 0.717) is 12.3 Å². The molecule has 1 rings (SSSR count). The largest absolute Gasteiger partial charge is 0.478 e. The second kappa shape index (κ2) is 6.00. The van der Waals surface area contributed by atoms with E-state index in [9.17, 15) is 9.59 Å². The van der Waals surface area contributed by atoms with E-state index in [0.717, 1.165) is 0 Å². The van der Waals surface area contributed by atoms with E-state index in [4.69, 9.17) is 9.84 Å². The third-order valence-corrected chi connectivity index (χ3v) is 2.31. The standard InChI is InChI=1S/C12H15NO4/c1-3-17-8-11(14)13(2)10-6-4-9(5-7-10)12(15)16/h4-7H,3,8H2,1-2H3,(H,15,16). The number of ether oxygens (including phenoxy) is 1. The fourth-order valence-electron chi connectivity index (χ4n) is 1.26. The summed E-state index contributed by atoms with van der Waals surface area (Å²) in [6, 6.07) is 6.10. The van der Waals surface area contributed by atoms with Crippen molar-refractivity contribution in [2.45, 2.75) is 6.92 Å². The highest BCUT2D eigenvalue weighted by atomic mass is 16.5. The van der Waals surface area contributed by atoms with Crippen molar-refractivity contribution < 1.29 is 19.4 Å². The lowest BCUT2D eigenvalue weighted by atomic mass is 10.2. The van der Waals surface area contributed by atoms with Crippen molar-refractivity contribution in [2.75, 3.05) is 25.2 Å². The predicted octanol–water partition coefficient (Wildman–Crippen LogP) is 1.38. The van der Waals surface area contributed by atoms with Crippen LogP contribution >= 0.6 is 0 Å². The maximum absolute atomic E-state index is 11.6. The van der Waals surface area contributed by atoms with Crippen LogP contribution in [0.3, 0.4) is 0 Å². The first kappa shape index (κ1) is 13.2. The number of nitrogens with zero attached hydrogens (tertiary/aromatic N) is 1. The van der Waals surface area contributed by atoms with E-state index in [-0.39, 0.29) is 18.1 Å². The molecule has 0 heterocycles. The zero-order chi connectivity index (χ0) is 12.8. The first-order valence-corrected chi connectivity index (χ1v) is 5.24. The number of anilines is 1. The van der Waals surface area contributed by atoms with Gasteiger partial charge in [-0.05, 0) is 31.2 Å². The first-order valence-electron chi connectivity index (χ1n) is 5.24. The molecule has 0 aliphatic carbocycles. The van der Waals surface area contributed by atoms with Gasteiger partial charge in [-0.15, -0.1) is 0 Å². The number of likely N-dealkylation sites (N-methyl/N-ethyl adjacent to an activating group) is 1. The third kappa shape index (κ3) is 3.57. The molecule has 1 aromatic rings. The Kier molecular flexibility index (Phi) is 4.66. The Balaban J connectivity index is 2.72. The summed E-state index contributed by atoms with van der Waals surface area (Å²) in [6.45, 7) is 2.32. The minimum Gasteiger partial charge on any atom is -0.478 e. The van der Waals surface area contributed by atoms with Crippen LogP contribution in [-0.4, -0.2) is 37.2 Å². The average molecular weight is 237 g/mol. The zero-order valence-electron chi connectivity index (χ0n) is 9.84. The first-order chi connectivity index (χ1) is 8.06. The molecule has 0 atom stereocenters. The Labute approximate surface area is 99.6 Å². The molecule has 0 spiro atoms. The summed E-state index contributed by atoms with van der Waals surface area (Å²) < 4.78 is 5.01. The van der Waals surface area contributed by atoms with Crippen LogP contribution in [-0.2, 0) is 9.53 Å². The van der Waals surface area contributed by atoms with Crippen molar-refractivity contribution in [1.29, 1.82) is 0 Å². The average Bonchev–Trinajstić information content (AvgIpc) is 2.35. The van der Waals surface area contributed by atoms with Crippen LogP contribution in [0.4, 0.5) is 5.69 Å². The van der Waals surface area contributed by atoms with Gasteiger partial charge in [0.2, 0.25) is 0 Å². The number of hydrogen-bond donors (Lipinski definition) is 1. The van der Waals surface area contributed by atoms with Gasteiger partial charge in [-0.25, -0.2) is 4.79 Å². The summed E-state index contributed by atoms with van der Waals surface area (Å²) in [5.41, 5.74) is 0.833. The minimum atomic E-state index is -0.986. The lowest BCUT2D eigenvalue weighted by Crippen LogP contribution is -2.30. The molecule has 5 nitrogen and oxygen atoms in total. The summed E-state index contributed by atoms with van der Waals surface area (Å²) in [5.74, 6) is -1.16. The number of aromatic carboxylic acids is 1. The molecule has 0 fully saturated rings. The van der Waals surface area contributed by atoms with Crippen LogP contribution in [0.15, 0.2) is 24.3 Å². The van der Waals surface area contributed by atoms with Crippen molar-refractivity contribution >= 4 is 17.6 Å². The number of carboxylic acid groups (broad SMARTS) is 1. The maximum atomic E-state index is 11.6. The Bertz CT molecular complexity index is 399. The predicted molar refractivity (Wildman–Crippen MR) is 63.3 cm³/mol. The molecule has 0 saturated heterocycles. The quantitative estimate of drug-likeness (QED) is 0.840. The van der Waals surface area contributed by atoms with Crippen molar-refractivity contribution in [1.82, 2.24) is 0 Å².